The molecule has 0 fully saturated rings. The number of rotatable bonds is 9. The molecular weight excluding hydrogens is 516 g/mol. The first-order valence-corrected chi connectivity index (χ1v) is 12.5. The molecule has 4 rings (SSSR count). The summed E-state index contributed by atoms with van der Waals surface area (Å²) in [6.07, 6.45) is 0. The summed E-state index contributed by atoms with van der Waals surface area (Å²) in [5.41, 5.74) is 2.17. The highest BCUT2D eigenvalue weighted by Gasteiger charge is 2.21. The molecule has 0 radical (unpaired) electrons. The van der Waals surface area contributed by atoms with Crippen molar-refractivity contribution >= 4 is 68.5 Å². The van der Waals surface area contributed by atoms with Crippen LogP contribution >= 0.6 is 11.6 Å². The Hall–Kier alpha value is -3.77. The average molecular weight is 540 g/mol. The lowest BCUT2D eigenvalue weighted by molar-refractivity contribution is -0.116. The van der Waals surface area contributed by atoms with Crippen molar-refractivity contribution in [1.29, 1.82) is 0 Å². The standard InChI is InChI=1S/C25H25ClN6O4S/c1-31(2)15-23(33)27-16-7-6-8-17(13-16)32(37(34)35)25-24(28-20-9-4-5-10-21(20)30-25)29-22-14-18(36-3)11-12-19(22)26/h4-14H,15H2,1-3H3,(H,27,33)(H,28,29)(H,34,35)/p-1. The molecule has 37 heavy (non-hydrogen) atoms. The second-order valence-electron chi connectivity index (χ2n) is 8.20. The van der Waals surface area contributed by atoms with Crippen LogP contribution < -0.4 is 19.7 Å². The van der Waals surface area contributed by atoms with E-state index >= 15 is 0 Å². The molecule has 1 aromatic heterocycles. The zero-order valence-corrected chi connectivity index (χ0v) is 21.8. The maximum absolute atomic E-state index is 12.6. The van der Waals surface area contributed by atoms with Gasteiger partial charge in [-0.1, -0.05) is 29.8 Å². The number of benzene rings is 3. The maximum atomic E-state index is 12.6. The monoisotopic (exact) mass is 539 g/mol. The summed E-state index contributed by atoms with van der Waals surface area (Å²) in [5, 5.41) is 6.25. The molecule has 12 heteroatoms. The number of halogens is 1. The van der Waals surface area contributed by atoms with Crippen LogP contribution in [-0.2, 0) is 16.1 Å². The maximum Gasteiger partial charge on any atom is 0.238 e. The van der Waals surface area contributed by atoms with Gasteiger partial charge in [0.15, 0.2) is 11.6 Å². The molecule has 1 atom stereocenters. The highest BCUT2D eigenvalue weighted by molar-refractivity contribution is 7.81. The van der Waals surface area contributed by atoms with Gasteiger partial charge in [-0.3, -0.25) is 13.3 Å². The number of hydrogen-bond donors (Lipinski definition) is 2. The van der Waals surface area contributed by atoms with Gasteiger partial charge in [-0.05, 0) is 56.6 Å². The van der Waals surface area contributed by atoms with E-state index in [1.807, 2.05) is 6.07 Å². The molecule has 1 heterocycles. The highest BCUT2D eigenvalue weighted by Crippen LogP contribution is 2.37. The Balaban J connectivity index is 1.81. The number of nitrogens with zero attached hydrogens (tertiary/aromatic N) is 4. The van der Waals surface area contributed by atoms with Crippen molar-refractivity contribution in [2.24, 2.45) is 0 Å². The summed E-state index contributed by atoms with van der Waals surface area (Å²) in [4.78, 5) is 23.2. The SMILES string of the molecule is COc1ccc(Cl)c(Nc2nc3ccccc3nc2N(c2cccc(NC(=O)CN(C)C)c2)S(=O)[O-])c1. The number of aromatic nitrogens is 2. The van der Waals surface area contributed by atoms with Gasteiger partial charge in [0.25, 0.3) is 0 Å². The lowest BCUT2D eigenvalue weighted by atomic mass is 10.2. The van der Waals surface area contributed by atoms with Crippen molar-refractivity contribution in [2.75, 3.05) is 42.7 Å². The first-order valence-electron chi connectivity index (χ1n) is 11.1. The van der Waals surface area contributed by atoms with Crippen LogP contribution in [-0.4, -0.2) is 57.3 Å². The Bertz CT molecular complexity index is 1470. The molecule has 0 bridgehead atoms. The lowest BCUT2D eigenvalue weighted by Gasteiger charge is -2.27. The quantitative estimate of drug-likeness (QED) is 0.299. The smallest absolute Gasteiger partial charge is 0.238 e. The van der Waals surface area contributed by atoms with Crippen LogP contribution in [0, 0.1) is 0 Å². The van der Waals surface area contributed by atoms with E-state index in [0.29, 0.717) is 33.2 Å². The fraction of sp³-hybridized carbons (Fsp3) is 0.160. The van der Waals surface area contributed by atoms with Crippen LogP contribution in [0.2, 0.25) is 5.02 Å². The molecule has 4 aromatic rings. The van der Waals surface area contributed by atoms with Gasteiger partial charge in [-0.2, -0.15) is 0 Å². The van der Waals surface area contributed by atoms with Crippen molar-refractivity contribution in [3.63, 3.8) is 0 Å². The van der Waals surface area contributed by atoms with Crippen LogP contribution in [0.3, 0.4) is 0 Å². The van der Waals surface area contributed by atoms with E-state index in [9.17, 15) is 13.6 Å². The average Bonchev–Trinajstić information content (AvgIpc) is 2.85. The number of ether oxygens (including phenoxy) is 1. The van der Waals surface area contributed by atoms with Crippen LogP contribution in [0.4, 0.5) is 28.7 Å². The molecule has 0 spiro atoms. The number of nitrogens with one attached hydrogen (secondary N) is 2. The number of carbonyl (C=O) groups is 1. The van der Waals surface area contributed by atoms with Gasteiger partial charge in [0.2, 0.25) is 5.91 Å². The van der Waals surface area contributed by atoms with E-state index in [2.05, 4.69) is 20.6 Å². The van der Waals surface area contributed by atoms with Crippen molar-refractivity contribution in [2.45, 2.75) is 0 Å². The van der Waals surface area contributed by atoms with Gasteiger partial charge in [-0.25, -0.2) is 9.97 Å². The number of anilines is 5. The number of carbonyl (C=O) groups excluding carboxylic acids is 1. The second-order valence-corrected chi connectivity index (χ2v) is 9.41. The minimum absolute atomic E-state index is 0.0164. The number of likely N-dealkylation sites (N-methyl/N-ethyl adjacent to an activating group) is 1. The van der Waals surface area contributed by atoms with E-state index in [1.54, 1.807) is 79.7 Å². The van der Waals surface area contributed by atoms with Crippen LogP contribution in [0.15, 0.2) is 66.7 Å². The molecule has 3 aromatic carbocycles. The molecule has 192 valence electrons. The summed E-state index contributed by atoms with van der Waals surface area (Å²) >= 11 is 3.60. The van der Waals surface area contributed by atoms with E-state index in [-0.39, 0.29) is 29.8 Å². The normalized spacial score (nSPS) is 11.8. The number of amides is 1. The molecule has 0 saturated heterocycles. The van der Waals surface area contributed by atoms with Crippen molar-refractivity contribution in [1.82, 2.24) is 14.9 Å². The van der Waals surface area contributed by atoms with Gasteiger partial charge < -0.3 is 24.8 Å². The van der Waals surface area contributed by atoms with E-state index < -0.39 is 11.3 Å². The molecule has 1 amide bonds. The van der Waals surface area contributed by atoms with E-state index in [4.69, 9.17) is 16.3 Å². The Kier molecular flexibility index (Phi) is 8.19. The zero-order valence-electron chi connectivity index (χ0n) is 20.3. The third-order valence-corrected chi connectivity index (χ3v) is 6.16. The minimum Gasteiger partial charge on any atom is -0.755 e. The van der Waals surface area contributed by atoms with Crippen molar-refractivity contribution in [3.05, 3.63) is 71.8 Å². The molecule has 0 saturated carbocycles. The van der Waals surface area contributed by atoms with Crippen molar-refractivity contribution < 1.29 is 18.3 Å². The fourth-order valence-corrected chi connectivity index (χ4v) is 4.27. The number of methoxy groups -OCH3 is 1. The Labute approximate surface area is 221 Å². The summed E-state index contributed by atoms with van der Waals surface area (Å²) in [6, 6.07) is 18.6. The molecule has 2 N–H and O–H groups in total. The zero-order chi connectivity index (χ0) is 26.5. The van der Waals surface area contributed by atoms with Gasteiger partial charge >= 0.3 is 0 Å². The predicted molar refractivity (Wildman–Crippen MR) is 146 cm³/mol. The fourth-order valence-electron chi connectivity index (χ4n) is 3.55. The van der Waals surface area contributed by atoms with E-state index in [0.717, 1.165) is 4.31 Å². The van der Waals surface area contributed by atoms with Crippen molar-refractivity contribution in [3.8, 4) is 5.75 Å². The van der Waals surface area contributed by atoms with Gasteiger partial charge in [0, 0.05) is 11.8 Å². The summed E-state index contributed by atoms with van der Waals surface area (Å²) in [6.45, 7) is 0.174. The van der Waals surface area contributed by atoms with Gasteiger partial charge in [0.05, 0.1) is 52.4 Å². The van der Waals surface area contributed by atoms with Crippen LogP contribution in [0.1, 0.15) is 0 Å². The highest BCUT2D eigenvalue weighted by atomic mass is 35.5. The molecular formula is C25H24ClN6O4S-. The summed E-state index contributed by atoms with van der Waals surface area (Å²) in [5.74, 6) is 0.480. The number of hydrogen-bond acceptors (Lipinski definition) is 8. The van der Waals surface area contributed by atoms with Crippen LogP contribution in [0.5, 0.6) is 5.75 Å². The predicted octanol–water partition coefficient (Wildman–Crippen LogP) is 4.47. The van der Waals surface area contributed by atoms with Gasteiger partial charge in [-0.15, -0.1) is 0 Å². The molecule has 0 aliphatic heterocycles. The molecule has 0 aliphatic carbocycles. The lowest BCUT2D eigenvalue weighted by Crippen LogP contribution is -2.27. The Morgan fingerprint density at radius 1 is 1.05 bits per heavy atom. The second kappa shape index (κ2) is 11.5. The summed E-state index contributed by atoms with van der Waals surface area (Å²) in [7, 11) is 5.08. The minimum atomic E-state index is -2.80. The molecule has 10 nitrogen and oxygen atoms in total. The van der Waals surface area contributed by atoms with Crippen LogP contribution in [0.25, 0.3) is 11.0 Å². The first-order chi connectivity index (χ1) is 17.7. The first kappa shape index (κ1) is 26.3. The third kappa shape index (κ3) is 6.33. The topological polar surface area (TPSA) is 123 Å². The molecule has 1 unspecified atom stereocenters. The largest absolute Gasteiger partial charge is 0.755 e. The Morgan fingerprint density at radius 2 is 1.78 bits per heavy atom. The van der Waals surface area contributed by atoms with Gasteiger partial charge in [0.1, 0.15) is 5.75 Å². The number of fused-ring (bicyclic) bond motifs is 1. The molecule has 0 aliphatic rings. The third-order valence-electron chi connectivity index (χ3n) is 5.14. The number of para-hydroxylation sites is 2. The van der Waals surface area contributed by atoms with E-state index in [1.165, 1.54) is 7.11 Å². The Morgan fingerprint density at radius 3 is 2.46 bits per heavy atom. The summed E-state index contributed by atoms with van der Waals surface area (Å²) < 4.78 is 31.4.